The van der Waals surface area contributed by atoms with E-state index in [1.165, 1.54) is 24.3 Å². The Balaban J connectivity index is 2.07. The zero-order valence-electron chi connectivity index (χ0n) is 12.3. The SMILES string of the molecule is O=c1[nH]c(/C(Cl)=C/c2ccc(Cl)c([N+](=O)[O-])c2)nc2ccc(Cl)cc12. The fourth-order valence-electron chi connectivity index (χ4n) is 2.20. The number of nitro groups is 1. The summed E-state index contributed by atoms with van der Waals surface area (Å²) in [5.74, 6) is 0.138. The maximum atomic E-state index is 12.1. The third-order valence-electron chi connectivity index (χ3n) is 3.35. The Morgan fingerprint density at radius 2 is 1.96 bits per heavy atom. The predicted molar refractivity (Wildman–Crippen MR) is 99.2 cm³/mol. The van der Waals surface area contributed by atoms with E-state index in [1.54, 1.807) is 18.2 Å². The molecule has 2 aromatic carbocycles. The molecular formula is C16H8Cl3N3O3. The minimum absolute atomic E-state index is 0.0207. The number of H-pyrrole nitrogens is 1. The molecule has 0 aliphatic rings. The fourth-order valence-corrected chi connectivity index (χ4v) is 2.77. The van der Waals surface area contributed by atoms with Gasteiger partial charge >= 0.3 is 0 Å². The van der Waals surface area contributed by atoms with Crippen LogP contribution in [0.1, 0.15) is 11.4 Å². The molecule has 6 nitrogen and oxygen atoms in total. The van der Waals surface area contributed by atoms with Crippen LogP contribution in [0.5, 0.6) is 0 Å². The second kappa shape index (κ2) is 6.84. The van der Waals surface area contributed by atoms with Gasteiger partial charge in [0.15, 0.2) is 5.82 Å². The molecule has 0 bridgehead atoms. The summed E-state index contributed by atoms with van der Waals surface area (Å²) in [6, 6.07) is 8.97. The molecule has 3 rings (SSSR count). The first-order chi connectivity index (χ1) is 11.8. The van der Waals surface area contributed by atoms with Crippen molar-refractivity contribution in [2.45, 2.75) is 0 Å². The van der Waals surface area contributed by atoms with Gasteiger partial charge in [-0.05, 0) is 35.9 Å². The van der Waals surface area contributed by atoms with Crippen molar-refractivity contribution in [3.05, 3.63) is 78.3 Å². The van der Waals surface area contributed by atoms with Crippen LogP contribution in [0.2, 0.25) is 10.0 Å². The highest BCUT2D eigenvalue weighted by molar-refractivity contribution is 6.50. The molecule has 0 spiro atoms. The van der Waals surface area contributed by atoms with Crippen molar-refractivity contribution in [2.24, 2.45) is 0 Å². The highest BCUT2D eigenvalue weighted by Crippen LogP contribution is 2.28. The summed E-state index contributed by atoms with van der Waals surface area (Å²) in [7, 11) is 0. The minimum atomic E-state index is -0.590. The number of aromatic nitrogens is 2. The number of rotatable bonds is 3. The zero-order valence-corrected chi connectivity index (χ0v) is 14.6. The molecule has 0 aliphatic carbocycles. The van der Waals surface area contributed by atoms with Gasteiger partial charge in [0.05, 0.1) is 20.9 Å². The number of hydrogen-bond acceptors (Lipinski definition) is 4. The normalized spacial score (nSPS) is 11.7. The van der Waals surface area contributed by atoms with Crippen LogP contribution in [0.4, 0.5) is 5.69 Å². The van der Waals surface area contributed by atoms with E-state index in [4.69, 9.17) is 34.8 Å². The van der Waals surface area contributed by atoms with Crippen molar-refractivity contribution < 1.29 is 4.92 Å². The Bertz CT molecular complexity index is 1090. The van der Waals surface area contributed by atoms with Crippen molar-refractivity contribution in [1.29, 1.82) is 0 Å². The van der Waals surface area contributed by atoms with Crippen molar-refractivity contribution >= 4 is 62.5 Å². The Hall–Kier alpha value is -2.41. The van der Waals surface area contributed by atoms with Crippen LogP contribution in [0.15, 0.2) is 41.2 Å². The molecule has 0 aliphatic heterocycles. The van der Waals surface area contributed by atoms with Gasteiger partial charge < -0.3 is 4.98 Å². The first-order valence-corrected chi connectivity index (χ1v) is 7.99. The third kappa shape index (κ3) is 3.66. The van der Waals surface area contributed by atoms with E-state index in [2.05, 4.69) is 9.97 Å². The maximum absolute atomic E-state index is 12.1. The maximum Gasteiger partial charge on any atom is 0.288 e. The number of fused-ring (bicyclic) bond motifs is 1. The molecule has 0 amide bonds. The third-order valence-corrected chi connectivity index (χ3v) is 4.20. The van der Waals surface area contributed by atoms with Crippen molar-refractivity contribution in [2.75, 3.05) is 0 Å². The van der Waals surface area contributed by atoms with Gasteiger partial charge in [-0.2, -0.15) is 0 Å². The summed E-state index contributed by atoms with van der Waals surface area (Å²) in [5.41, 5.74) is 0.238. The van der Waals surface area contributed by atoms with Gasteiger partial charge in [0.2, 0.25) is 0 Å². The molecule has 0 saturated heterocycles. The van der Waals surface area contributed by atoms with Crippen LogP contribution in [0, 0.1) is 10.1 Å². The zero-order chi connectivity index (χ0) is 18.1. The molecule has 126 valence electrons. The standard InChI is InChI=1S/C16H8Cl3N3O3/c17-9-2-4-13-10(7-9)16(23)21-15(20-13)12(19)5-8-1-3-11(18)14(6-8)22(24)25/h1-7H,(H,20,21,23)/b12-5-. The summed E-state index contributed by atoms with van der Waals surface area (Å²) in [4.78, 5) is 29.3. The van der Waals surface area contributed by atoms with Gasteiger partial charge in [-0.25, -0.2) is 4.98 Å². The molecular weight excluding hydrogens is 389 g/mol. The van der Waals surface area contributed by atoms with E-state index in [9.17, 15) is 14.9 Å². The first-order valence-electron chi connectivity index (χ1n) is 6.86. The van der Waals surface area contributed by atoms with Gasteiger partial charge in [0, 0.05) is 11.1 Å². The Kier molecular flexibility index (Phi) is 4.76. The minimum Gasteiger partial charge on any atom is -0.305 e. The smallest absolute Gasteiger partial charge is 0.288 e. The molecule has 25 heavy (non-hydrogen) atoms. The number of nitrogens with one attached hydrogen (secondary N) is 1. The molecule has 1 N–H and O–H groups in total. The van der Waals surface area contributed by atoms with Crippen LogP contribution in [0.3, 0.4) is 0 Å². The molecule has 0 radical (unpaired) electrons. The second-order valence-electron chi connectivity index (χ2n) is 5.04. The van der Waals surface area contributed by atoms with Crippen molar-refractivity contribution in [3.8, 4) is 0 Å². The van der Waals surface area contributed by atoms with Gasteiger partial charge in [-0.1, -0.05) is 40.9 Å². The summed E-state index contributed by atoms with van der Waals surface area (Å²) < 4.78 is 0. The number of benzene rings is 2. The Morgan fingerprint density at radius 3 is 2.68 bits per heavy atom. The average molecular weight is 397 g/mol. The summed E-state index contributed by atoms with van der Waals surface area (Å²) in [6.07, 6.45) is 1.45. The van der Waals surface area contributed by atoms with Crippen LogP contribution >= 0.6 is 34.8 Å². The quantitative estimate of drug-likeness (QED) is 0.505. The number of halogens is 3. The lowest BCUT2D eigenvalue weighted by Crippen LogP contribution is -2.10. The van der Waals surface area contributed by atoms with Gasteiger partial charge in [-0.15, -0.1) is 0 Å². The van der Waals surface area contributed by atoms with E-state index in [0.717, 1.165) is 0 Å². The lowest BCUT2D eigenvalue weighted by molar-refractivity contribution is -0.384. The average Bonchev–Trinajstić information content (AvgIpc) is 2.56. The van der Waals surface area contributed by atoms with Crippen molar-refractivity contribution in [1.82, 2.24) is 9.97 Å². The number of nitro benzene ring substituents is 1. The number of nitrogens with zero attached hydrogens (tertiary/aromatic N) is 2. The molecule has 0 unspecified atom stereocenters. The Labute approximate surface area is 155 Å². The fraction of sp³-hybridized carbons (Fsp3) is 0. The highest BCUT2D eigenvalue weighted by Gasteiger charge is 2.13. The van der Waals surface area contributed by atoms with E-state index in [1.807, 2.05) is 0 Å². The molecule has 1 aromatic heterocycles. The molecule has 0 atom stereocenters. The monoisotopic (exact) mass is 395 g/mol. The summed E-state index contributed by atoms with van der Waals surface area (Å²) in [6.45, 7) is 0. The first kappa shape index (κ1) is 17.4. The van der Waals surface area contributed by atoms with Gasteiger partial charge in [0.25, 0.3) is 11.2 Å². The van der Waals surface area contributed by atoms with E-state index < -0.39 is 10.5 Å². The molecule has 0 saturated carbocycles. The van der Waals surface area contributed by atoms with Crippen LogP contribution in [-0.4, -0.2) is 14.9 Å². The topological polar surface area (TPSA) is 88.9 Å². The van der Waals surface area contributed by atoms with Crippen molar-refractivity contribution in [3.63, 3.8) is 0 Å². The van der Waals surface area contributed by atoms with E-state index >= 15 is 0 Å². The van der Waals surface area contributed by atoms with Gasteiger partial charge in [-0.3, -0.25) is 14.9 Å². The van der Waals surface area contributed by atoms with E-state index in [-0.39, 0.29) is 21.6 Å². The number of aromatic amines is 1. The summed E-state index contributed by atoms with van der Waals surface area (Å²) >= 11 is 17.9. The van der Waals surface area contributed by atoms with Crippen LogP contribution in [0.25, 0.3) is 22.0 Å². The second-order valence-corrected chi connectivity index (χ2v) is 6.29. The predicted octanol–water partition coefficient (Wildman–Crippen LogP) is 4.88. The lowest BCUT2D eigenvalue weighted by atomic mass is 10.2. The van der Waals surface area contributed by atoms with Crippen LogP contribution < -0.4 is 5.56 Å². The molecule has 0 fully saturated rings. The number of hydrogen-bond donors (Lipinski definition) is 1. The highest BCUT2D eigenvalue weighted by atomic mass is 35.5. The van der Waals surface area contributed by atoms with E-state index in [0.29, 0.717) is 21.5 Å². The Morgan fingerprint density at radius 1 is 1.20 bits per heavy atom. The van der Waals surface area contributed by atoms with Gasteiger partial charge in [0.1, 0.15) is 5.02 Å². The molecule has 9 heteroatoms. The molecule has 1 heterocycles. The summed E-state index contributed by atoms with van der Waals surface area (Å²) in [5, 5.41) is 11.8. The largest absolute Gasteiger partial charge is 0.305 e. The lowest BCUT2D eigenvalue weighted by Gasteiger charge is -2.03. The molecule has 3 aromatic rings. The van der Waals surface area contributed by atoms with Crippen LogP contribution in [-0.2, 0) is 0 Å².